The van der Waals surface area contributed by atoms with Gasteiger partial charge in [0.1, 0.15) is 10.1 Å². The Kier molecular flexibility index (Phi) is 2.63. The van der Waals surface area contributed by atoms with Crippen molar-refractivity contribution < 1.29 is 31.1 Å². The van der Waals surface area contributed by atoms with E-state index in [-0.39, 0.29) is 0 Å². The van der Waals surface area contributed by atoms with Crippen LogP contribution in [0.3, 0.4) is 0 Å². The van der Waals surface area contributed by atoms with Crippen LogP contribution in [-0.2, 0) is 4.74 Å². The SMILES string of the molecule is FC1C(Cl)=C(OC2=C(Cl)C(F)C2(F)F)C1(F)F. The topological polar surface area (TPSA) is 9.23 Å². The molecule has 0 aromatic carbocycles. The molecule has 9 heteroatoms. The average Bonchev–Trinajstić information content (AvgIpc) is 2.26. The third-order valence-corrected chi connectivity index (χ3v) is 3.05. The molecule has 0 saturated heterocycles. The van der Waals surface area contributed by atoms with Gasteiger partial charge in [-0.1, -0.05) is 23.2 Å². The highest BCUT2D eigenvalue weighted by atomic mass is 35.5. The summed E-state index contributed by atoms with van der Waals surface area (Å²) in [6, 6.07) is 0. The monoisotopic (exact) mass is 298 g/mol. The Balaban J connectivity index is 2.26. The first kappa shape index (κ1) is 12.9. The van der Waals surface area contributed by atoms with E-state index < -0.39 is 45.8 Å². The Bertz CT molecular complexity index is 403. The zero-order chi connectivity index (χ0) is 13.2. The number of halogens is 8. The summed E-state index contributed by atoms with van der Waals surface area (Å²) >= 11 is 10.1. The van der Waals surface area contributed by atoms with Crippen LogP contribution in [-0.4, -0.2) is 24.2 Å². The first-order valence-electron chi connectivity index (χ1n) is 4.13. The van der Waals surface area contributed by atoms with E-state index in [1.54, 1.807) is 0 Å². The minimum absolute atomic E-state index is 1.04. The number of rotatable bonds is 2. The fraction of sp³-hybridized carbons (Fsp3) is 0.500. The van der Waals surface area contributed by atoms with Crippen molar-refractivity contribution in [3.05, 3.63) is 21.6 Å². The van der Waals surface area contributed by atoms with Crippen LogP contribution in [0.4, 0.5) is 26.3 Å². The molecular weight excluding hydrogens is 297 g/mol. The zero-order valence-corrected chi connectivity index (χ0v) is 9.10. The van der Waals surface area contributed by atoms with Gasteiger partial charge in [0.05, 0.1) is 0 Å². The highest BCUT2D eigenvalue weighted by Crippen LogP contribution is 2.54. The predicted molar refractivity (Wildman–Crippen MR) is 46.5 cm³/mol. The fourth-order valence-electron chi connectivity index (χ4n) is 1.28. The van der Waals surface area contributed by atoms with Gasteiger partial charge in [0.15, 0.2) is 11.5 Å². The van der Waals surface area contributed by atoms with Crippen molar-refractivity contribution in [3.63, 3.8) is 0 Å². The van der Waals surface area contributed by atoms with Gasteiger partial charge < -0.3 is 4.74 Å². The van der Waals surface area contributed by atoms with Crippen LogP contribution in [0, 0.1) is 0 Å². The summed E-state index contributed by atoms with van der Waals surface area (Å²) in [7, 11) is 0. The van der Waals surface area contributed by atoms with Crippen LogP contribution in [0.2, 0.25) is 0 Å². The van der Waals surface area contributed by atoms with Crippen molar-refractivity contribution in [3.8, 4) is 0 Å². The molecule has 2 unspecified atom stereocenters. The lowest BCUT2D eigenvalue weighted by Gasteiger charge is -2.38. The normalized spacial score (nSPS) is 34.4. The molecule has 0 radical (unpaired) electrons. The molecule has 0 amide bonds. The fourth-order valence-corrected chi connectivity index (χ4v) is 1.88. The second-order valence-corrected chi connectivity index (χ2v) is 4.24. The molecular formula is C8H2Cl2F6O. The molecule has 0 spiro atoms. The Morgan fingerprint density at radius 3 is 1.35 bits per heavy atom. The second kappa shape index (κ2) is 3.47. The minimum Gasteiger partial charge on any atom is -0.450 e. The number of hydrogen-bond donors (Lipinski definition) is 0. The largest absolute Gasteiger partial charge is 0.450 e. The molecule has 2 rings (SSSR count). The van der Waals surface area contributed by atoms with E-state index in [0.717, 1.165) is 0 Å². The first-order chi connectivity index (χ1) is 7.61. The maximum Gasteiger partial charge on any atom is 0.341 e. The highest BCUT2D eigenvalue weighted by Gasteiger charge is 2.65. The van der Waals surface area contributed by atoms with Gasteiger partial charge in [-0.2, -0.15) is 17.6 Å². The van der Waals surface area contributed by atoms with Crippen molar-refractivity contribution in [1.29, 1.82) is 0 Å². The van der Waals surface area contributed by atoms with Crippen LogP contribution in [0.15, 0.2) is 21.6 Å². The van der Waals surface area contributed by atoms with Crippen LogP contribution in [0.1, 0.15) is 0 Å². The average molecular weight is 299 g/mol. The number of allylic oxidation sites excluding steroid dienone is 4. The molecule has 0 fully saturated rings. The molecule has 0 saturated carbocycles. The summed E-state index contributed by atoms with van der Waals surface area (Å²) < 4.78 is 80.3. The number of hydrogen-bond acceptors (Lipinski definition) is 1. The number of alkyl halides is 6. The lowest BCUT2D eigenvalue weighted by atomic mass is 9.97. The lowest BCUT2D eigenvalue weighted by Crippen LogP contribution is -2.49. The Morgan fingerprint density at radius 2 is 1.12 bits per heavy atom. The molecule has 1 nitrogen and oxygen atoms in total. The van der Waals surface area contributed by atoms with Gasteiger partial charge in [-0.05, 0) is 0 Å². The standard InChI is InChI=1S/C8H2Cl2F6O/c9-1-3(11)7(13,14)5(1)17-6-2(10)4(12)8(6,15)16/h3-4H. The molecule has 96 valence electrons. The predicted octanol–water partition coefficient (Wildman–Crippen LogP) is 3.88. The lowest BCUT2D eigenvalue weighted by molar-refractivity contribution is -0.129. The van der Waals surface area contributed by atoms with E-state index in [1.165, 1.54) is 0 Å². The summed E-state index contributed by atoms with van der Waals surface area (Å²) in [6.45, 7) is 0. The smallest absolute Gasteiger partial charge is 0.341 e. The first-order valence-corrected chi connectivity index (χ1v) is 4.89. The molecule has 0 aliphatic heterocycles. The van der Waals surface area contributed by atoms with Gasteiger partial charge in [0.2, 0.25) is 12.3 Å². The van der Waals surface area contributed by atoms with Crippen molar-refractivity contribution in [1.82, 2.24) is 0 Å². The van der Waals surface area contributed by atoms with Gasteiger partial charge in [0.25, 0.3) is 0 Å². The van der Waals surface area contributed by atoms with E-state index in [1.807, 2.05) is 0 Å². The van der Waals surface area contributed by atoms with Gasteiger partial charge in [-0.3, -0.25) is 0 Å². The molecule has 2 aliphatic rings. The third-order valence-electron chi connectivity index (χ3n) is 2.33. The summed E-state index contributed by atoms with van der Waals surface area (Å²) in [6.07, 6.45) is -5.62. The molecule has 0 heterocycles. The maximum absolute atomic E-state index is 12.8. The van der Waals surface area contributed by atoms with Crippen LogP contribution < -0.4 is 0 Å². The maximum atomic E-state index is 12.8. The third kappa shape index (κ3) is 1.48. The van der Waals surface area contributed by atoms with Gasteiger partial charge in [-0.15, -0.1) is 0 Å². The van der Waals surface area contributed by atoms with Gasteiger partial charge in [-0.25, -0.2) is 8.78 Å². The Hall–Kier alpha value is -0.560. The molecule has 2 atom stereocenters. The molecule has 0 aromatic heterocycles. The van der Waals surface area contributed by atoms with E-state index in [0.29, 0.717) is 0 Å². The highest BCUT2D eigenvalue weighted by molar-refractivity contribution is 6.32. The van der Waals surface area contributed by atoms with Crippen molar-refractivity contribution in [2.45, 2.75) is 24.2 Å². The van der Waals surface area contributed by atoms with Gasteiger partial charge >= 0.3 is 11.8 Å². The van der Waals surface area contributed by atoms with Crippen molar-refractivity contribution >= 4 is 23.2 Å². The summed E-state index contributed by atoms with van der Waals surface area (Å²) in [5, 5.41) is -2.07. The van der Waals surface area contributed by atoms with Crippen LogP contribution >= 0.6 is 23.2 Å². The number of ether oxygens (including phenoxy) is 1. The Labute approximate surface area is 101 Å². The quantitative estimate of drug-likeness (QED) is 0.703. The van der Waals surface area contributed by atoms with Crippen LogP contribution in [0.5, 0.6) is 0 Å². The Morgan fingerprint density at radius 1 is 0.824 bits per heavy atom. The molecule has 0 aromatic rings. The van der Waals surface area contributed by atoms with Crippen molar-refractivity contribution in [2.75, 3.05) is 0 Å². The van der Waals surface area contributed by atoms with Gasteiger partial charge in [0, 0.05) is 0 Å². The summed E-state index contributed by atoms with van der Waals surface area (Å²) in [4.78, 5) is 0. The zero-order valence-electron chi connectivity index (χ0n) is 7.59. The van der Waals surface area contributed by atoms with Crippen LogP contribution in [0.25, 0.3) is 0 Å². The minimum atomic E-state index is -4.11. The second-order valence-electron chi connectivity index (χ2n) is 3.43. The molecule has 2 aliphatic carbocycles. The van der Waals surface area contributed by atoms with E-state index in [9.17, 15) is 26.3 Å². The van der Waals surface area contributed by atoms with Crippen molar-refractivity contribution in [2.24, 2.45) is 0 Å². The summed E-state index contributed by atoms with van der Waals surface area (Å²) in [5.74, 6) is -11.2. The molecule has 0 N–H and O–H groups in total. The summed E-state index contributed by atoms with van der Waals surface area (Å²) in [5.41, 5.74) is 0. The van der Waals surface area contributed by atoms with E-state index in [4.69, 9.17) is 23.2 Å². The molecule has 0 bridgehead atoms. The van der Waals surface area contributed by atoms with E-state index in [2.05, 4.69) is 4.74 Å². The van der Waals surface area contributed by atoms with E-state index >= 15 is 0 Å². The molecule has 17 heavy (non-hydrogen) atoms.